The van der Waals surface area contributed by atoms with Crippen molar-refractivity contribution in [1.29, 1.82) is 0 Å². The number of carboxylic acids is 1. The second-order valence-electron chi connectivity index (χ2n) is 3.37. The molecule has 0 heterocycles. The van der Waals surface area contributed by atoms with Crippen molar-refractivity contribution in [3.8, 4) is 0 Å². The Labute approximate surface area is 95.4 Å². The number of likely N-dealkylation sites (N-methyl/N-ethyl adjacent to an activating group) is 1. The first kappa shape index (κ1) is 14.9. The van der Waals surface area contributed by atoms with Gasteiger partial charge in [0.2, 0.25) is 5.91 Å². The van der Waals surface area contributed by atoms with Crippen molar-refractivity contribution in [3.05, 3.63) is 0 Å². The van der Waals surface area contributed by atoms with Crippen LogP contribution in [0.5, 0.6) is 0 Å². The number of carbonyl (C=O) groups excluding carboxylic acids is 1. The summed E-state index contributed by atoms with van der Waals surface area (Å²) in [6.45, 7) is 3.19. The summed E-state index contributed by atoms with van der Waals surface area (Å²) in [6.07, 6.45) is 0.982. The Morgan fingerprint density at radius 3 is 2.62 bits per heavy atom. The van der Waals surface area contributed by atoms with E-state index in [9.17, 15) is 9.59 Å². The van der Waals surface area contributed by atoms with Crippen LogP contribution < -0.4 is 10.6 Å². The summed E-state index contributed by atoms with van der Waals surface area (Å²) in [6, 6.07) is -0.832. The molecular weight excluding hydrogens is 212 g/mol. The fraction of sp³-hybridized carbons (Fsp3) is 0.800. The summed E-state index contributed by atoms with van der Waals surface area (Å²) in [7, 11) is 1.56. The van der Waals surface area contributed by atoms with Gasteiger partial charge in [0.25, 0.3) is 0 Å². The lowest BCUT2D eigenvalue weighted by Crippen LogP contribution is -2.44. The van der Waals surface area contributed by atoms with Crippen LogP contribution in [0.15, 0.2) is 0 Å². The van der Waals surface area contributed by atoms with Crippen molar-refractivity contribution < 1.29 is 19.4 Å². The molecule has 0 aromatic carbocycles. The largest absolute Gasteiger partial charge is 0.480 e. The van der Waals surface area contributed by atoms with Crippen LogP contribution in [0.4, 0.5) is 0 Å². The first-order chi connectivity index (χ1) is 7.61. The fourth-order valence-corrected chi connectivity index (χ4v) is 1.17. The first-order valence-electron chi connectivity index (χ1n) is 5.33. The molecule has 0 aliphatic rings. The lowest BCUT2D eigenvalue weighted by atomic mass is 10.1. The minimum atomic E-state index is -1.01. The van der Waals surface area contributed by atoms with Gasteiger partial charge in [-0.2, -0.15) is 0 Å². The number of carbonyl (C=O) groups is 2. The van der Waals surface area contributed by atoms with Crippen LogP contribution in [0.1, 0.15) is 19.8 Å². The summed E-state index contributed by atoms with van der Waals surface area (Å²) >= 11 is 0. The standard InChI is InChI=1S/C10H20N2O4/c1-3-11-7-9(13)12-8(10(14)15)5-4-6-16-2/h8,11H,3-7H2,1-2H3,(H,12,13)(H,14,15). The number of hydrogen-bond donors (Lipinski definition) is 3. The zero-order valence-electron chi connectivity index (χ0n) is 9.78. The molecular formula is C10H20N2O4. The second-order valence-corrected chi connectivity index (χ2v) is 3.37. The van der Waals surface area contributed by atoms with E-state index < -0.39 is 12.0 Å². The number of amides is 1. The Balaban J connectivity index is 3.92. The molecule has 1 atom stereocenters. The van der Waals surface area contributed by atoms with Crippen molar-refractivity contribution in [2.24, 2.45) is 0 Å². The monoisotopic (exact) mass is 232 g/mol. The number of nitrogens with one attached hydrogen (secondary N) is 2. The minimum absolute atomic E-state index is 0.143. The van der Waals surface area contributed by atoms with Crippen LogP contribution in [-0.2, 0) is 14.3 Å². The average Bonchev–Trinajstić information content (AvgIpc) is 2.25. The Kier molecular flexibility index (Phi) is 8.46. The highest BCUT2D eigenvalue weighted by molar-refractivity contribution is 5.84. The Bertz CT molecular complexity index is 221. The van der Waals surface area contributed by atoms with Crippen LogP contribution in [0, 0.1) is 0 Å². The molecule has 0 spiro atoms. The van der Waals surface area contributed by atoms with E-state index in [0.29, 0.717) is 26.0 Å². The lowest BCUT2D eigenvalue weighted by molar-refractivity contribution is -0.142. The fourth-order valence-electron chi connectivity index (χ4n) is 1.17. The normalized spacial score (nSPS) is 12.1. The van der Waals surface area contributed by atoms with Crippen LogP contribution >= 0.6 is 0 Å². The maximum atomic E-state index is 11.3. The molecule has 0 aliphatic carbocycles. The van der Waals surface area contributed by atoms with E-state index >= 15 is 0 Å². The van der Waals surface area contributed by atoms with E-state index in [0.717, 1.165) is 0 Å². The van der Waals surface area contributed by atoms with Crippen LogP contribution in [-0.4, -0.2) is 49.8 Å². The number of aliphatic carboxylic acids is 1. The quantitative estimate of drug-likeness (QED) is 0.470. The van der Waals surface area contributed by atoms with Gasteiger partial charge in [0.15, 0.2) is 0 Å². The molecule has 94 valence electrons. The molecule has 0 rings (SSSR count). The summed E-state index contributed by atoms with van der Waals surface area (Å²) in [4.78, 5) is 22.1. The second kappa shape index (κ2) is 9.11. The molecule has 0 radical (unpaired) electrons. The Morgan fingerprint density at radius 2 is 2.12 bits per heavy atom. The highest BCUT2D eigenvalue weighted by Gasteiger charge is 2.18. The zero-order chi connectivity index (χ0) is 12.4. The molecule has 6 nitrogen and oxygen atoms in total. The zero-order valence-corrected chi connectivity index (χ0v) is 9.78. The maximum Gasteiger partial charge on any atom is 0.326 e. The third kappa shape index (κ3) is 7.19. The summed E-state index contributed by atoms with van der Waals surface area (Å²) in [5.74, 6) is -1.31. The summed E-state index contributed by atoms with van der Waals surface area (Å²) in [5.41, 5.74) is 0. The lowest BCUT2D eigenvalue weighted by Gasteiger charge is -2.14. The molecule has 6 heteroatoms. The van der Waals surface area contributed by atoms with Crippen molar-refractivity contribution in [1.82, 2.24) is 10.6 Å². The van der Waals surface area contributed by atoms with Crippen LogP contribution in [0.3, 0.4) is 0 Å². The van der Waals surface area contributed by atoms with Crippen LogP contribution in [0.25, 0.3) is 0 Å². The first-order valence-corrected chi connectivity index (χ1v) is 5.33. The van der Waals surface area contributed by atoms with E-state index in [1.54, 1.807) is 7.11 Å². The number of methoxy groups -OCH3 is 1. The molecule has 0 fully saturated rings. The molecule has 0 aliphatic heterocycles. The van der Waals surface area contributed by atoms with Gasteiger partial charge in [-0.05, 0) is 19.4 Å². The average molecular weight is 232 g/mol. The molecule has 16 heavy (non-hydrogen) atoms. The van der Waals surface area contributed by atoms with Gasteiger partial charge in [-0.15, -0.1) is 0 Å². The number of ether oxygens (including phenoxy) is 1. The molecule has 3 N–H and O–H groups in total. The molecule has 0 bridgehead atoms. The van der Waals surface area contributed by atoms with Crippen molar-refractivity contribution >= 4 is 11.9 Å². The van der Waals surface area contributed by atoms with E-state index in [-0.39, 0.29) is 12.5 Å². The maximum absolute atomic E-state index is 11.3. The van der Waals surface area contributed by atoms with Gasteiger partial charge < -0.3 is 20.5 Å². The highest BCUT2D eigenvalue weighted by Crippen LogP contribution is 1.98. The number of carboxylic acid groups (broad SMARTS) is 1. The Hall–Kier alpha value is -1.14. The van der Waals surface area contributed by atoms with Gasteiger partial charge in [-0.3, -0.25) is 4.79 Å². The molecule has 0 aromatic rings. The SMILES string of the molecule is CCNCC(=O)NC(CCCOC)C(=O)O. The number of rotatable bonds is 9. The minimum Gasteiger partial charge on any atom is -0.480 e. The van der Waals surface area contributed by atoms with Crippen LogP contribution in [0.2, 0.25) is 0 Å². The molecule has 0 saturated carbocycles. The van der Waals surface area contributed by atoms with E-state index in [1.165, 1.54) is 0 Å². The topological polar surface area (TPSA) is 87.7 Å². The molecule has 1 unspecified atom stereocenters. The van der Waals surface area contributed by atoms with Crippen molar-refractivity contribution in [2.45, 2.75) is 25.8 Å². The highest BCUT2D eigenvalue weighted by atomic mass is 16.5. The smallest absolute Gasteiger partial charge is 0.326 e. The van der Waals surface area contributed by atoms with E-state index in [4.69, 9.17) is 9.84 Å². The predicted octanol–water partition coefficient (Wildman–Crippen LogP) is -0.408. The summed E-state index contributed by atoms with van der Waals surface area (Å²) in [5, 5.41) is 14.2. The molecule has 1 amide bonds. The van der Waals surface area contributed by atoms with Gasteiger partial charge in [0, 0.05) is 13.7 Å². The third-order valence-corrected chi connectivity index (χ3v) is 2.01. The van der Waals surface area contributed by atoms with Gasteiger partial charge in [0.05, 0.1) is 6.54 Å². The predicted molar refractivity (Wildman–Crippen MR) is 59.2 cm³/mol. The van der Waals surface area contributed by atoms with E-state index in [1.807, 2.05) is 6.92 Å². The van der Waals surface area contributed by atoms with E-state index in [2.05, 4.69) is 10.6 Å². The van der Waals surface area contributed by atoms with Gasteiger partial charge in [-0.25, -0.2) is 4.79 Å². The van der Waals surface area contributed by atoms with Gasteiger partial charge in [0.1, 0.15) is 6.04 Å². The van der Waals surface area contributed by atoms with Crippen molar-refractivity contribution in [2.75, 3.05) is 26.8 Å². The van der Waals surface area contributed by atoms with Crippen molar-refractivity contribution in [3.63, 3.8) is 0 Å². The molecule has 0 aromatic heterocycles. The van der Waals surface area contributed by atoms with Gasteiger partial charge >= 0.3 is 5.97 Å². The van der Waals surface area contributed by atoms with Gasteiger partial charge in [-0.1, -0.05) is 6.92 Å². The molecule has 0 saturated heterocycles. The third-order valence-electron chi connectivity index (χ3n) is 2.01. The number of hydrogen-bond acceptors (Lipinski definition) is 4. The summed E-state index contributed by atoms with van der Waals surface area (Å²) < 4.78 is 4.82. The Morgan fingerprint density at radius 1 is 1.44 bits per heavy atom.